The third kappa shape index (κ3) is 6.06. The van der Waals surface area contributed by atoms with E-state index in [0.717, 1.165) is 29.9 Å². The number of carbonyl (C=O) groups excluding carboxylic acids is 1. The van der Waals surface area contributed by atoms with Crippen LogP contribution >= 0.6 is 11.6 Å². The largest absolute Gasteiger partial charge is 0.490 e. The fourth-order valence-corrected chi connectivity index (χ4v) is 4.09. The molecule has 0 atom stereocenters. The lowest BCUT2D eigenvalue weighted by atomic mass is 10.1. The number of alkyl halides is 3. The number of amides is 1. The van der Waals surface area contributed by atoms with Gasteiger partial charge in [-0.05, 0) is 50.1 Å². The van der Waals surface area contributed by atoms with Crippen LogP contribution in [0, 0.1) is 12.7 Å². The summed E-state index contributed by atoms with van der Waals surface area (Å²) in [5, 5.41) is 16.5. The number of carboxylic acid groups (broad SMARTS) is 1. The highest BCUT2D eigenvalue weighted by atomic mass is 35.5. The molecule has 3 aromatic heterocycles. The lowest BCUT2D eigenvalue weighted by Gasteiger charge is -2.27. The molecule has 0 radical (unpaired) electrons. The number of nitrogens with zero attached hydrogens (tertiary/aromatic N) is 7. The average Bonchev–Trinajstić information content (AvgIpc) is 3.46. The third-order valence-corrected chi connectivity index (χ3v) is 6.20. The quantitative estimate of drug-likeness (QED) is 0.368. The fraction of sp³-hybridized carbons (Fsp3) is 0.250. The van der Waals surface area contributed by atoms with E-state index in [4.69, 9.17) is 21.5 Å². The first-order chi connectivity index (χ1) is 18.5. The summed E-state index contributed by atoms with van der Waals surface area (Å²) in [4.78, 5) is 32.2. The fourth-order valence-electron chi connectivity index (χ4n) is 3.87. The van der Waals surface area contributed by atoms with E-state index in [-0.39, 0.29) is 18.3 Å². The minimum Gasteiger partial charge on any atom is -0.475 e. The molecule has 204 valence electrons. The van der Waals surface area contributed by atoms with Crippen LogP contribution in [0.4, 0.5) is 23.2 Å². The second kappa shape index (κ2) is 11.2. The van der Waals surface area contributed by atoms with Crippen LogP contribution in [0.3, 0.4) is 0 Å². The maximum absolute atomic E-state index is 13.3. The summed E-state index contributed by atoms with van der Waals surface area (Å²) >= 11 is 6.45. The maximum Gasteiger partial charge on any atom is 0.490 e. The molecule has 39 heavy (non-hydrogen) atoms. The first-order valence-electron chi connectivity index (χ1n) is 11.4. The predicted molar refractivity (Wildman–Crippen MR) is 131 cm³/mol. The average molecular weight is 566 g/mol. The third-order valence-electron chi connectivity index (χ3n) is 5.74. The van der Waals surface area contributed by atoms with Crippen molar-refractivity contribution < 1.29 is 32.3 Å². The Labute approximate surface area is 223 Å². The van der Waals surface area contributed by atoms with Crippen molar-refractivity contribution in [1.29, 1.82) is 0 Å². The van der Waals surface area contributed by atoms with Gasteiger partial charge in [-0.1, -0.05) is 11.6 Å². The molecule has 5 rings (SSSR count). The summed E-state index contributed by atoms with van der Waals surface area (Å²) in [5.41, 5.74) is 3.55. The van der Waals surface area contributed by atoms with Crippen molar-refractivity contribution in [2.45, 2.75) is 32.5 Å². The molecular formula is C24H20ClF4N7O3. The van der Waals surface area contributed by atoms with E-state index in [1.807, 2.05) is 6.92 Å². The summed E-state index contributed by atoms with van der Waals surface area (Å²) in [6.07, 6.45) is 1.41. The van der Waals surface area contributed by atoms with Crippen molar-refractivity contribution in [2.75, 3.05) is 11.4 Å². The standard InChI is InChI=1S/C22H19ClFN7O.C2HF3O2/c1-14-20(23)21(22-25-9-3-10-26-22)28-30(14)13-19(32)29-11-2-4-17-18(29)12-27-31(17)16-7-5-15(24)6-8-16;3-2(4,5)1(6)7/h3,5-10,12H,2,4,11,13H2,1H3;(H,6,7). The second-order valence-corrected chi connectivity index (χ2v) is 8.67. The maximum atomic E-state index is 13.3. The number of hydrogen-bond acceptors (Lipinski definition) is 6. The van der Waals surface area contributed by atoms with Crippen LogP contribution < -0.4 is 4.90 Å². The van der Waals surface area contributed by atoms with Crippen LogP contribution in [0.2, 0.25) is 5.02 Å². The molecule has 1 aliphatic heterocycles. The lowest BCUT2D eigenvalue weighted by molar-refractivity contribution is -0.192. The lowest BCUT2D eigenvalue weighted by Crippen LogP contribution is -2.38. The van der Waals surface area contributed by atoms with Crippen molar-refractivity contribution in [3.05, 3.63) is 71.2 Å². The molecule has 0 fully saturated rings. The van der Waals surface area contributed by atoms with Crippen molar-refractivity contribution in [2.24, 2.45) is 0 Å². The molecule has 10 nitrogen and oxygen atoms in total. The van der Waals surface area contributed by atoms with E-state index in [9.17, 15) is 22.4 Å². The molecule has 0 saturated heterocycles. The zero-order chi connectivity index (χ0) is 28.3. The van der Waals surface area contributed by atoms with E-state index < -0.39 is 12.1 Å². The van der Waals surface area contributed by atoms with E-state index in [2.05, 4.69) is 20.2 Å². The predicted octanol–water partition coefficient (Wildman–Crippen LogP) is 4.24. The van der Waals surface area contributed by atoms with Crippen molar-refractivity contribution >= 4 is 29.2 Å². The summed E-state index contributed by atoms with van der Waals surface area (Å²) < 4.78 is 48.4. The molecule has 15 heteroatoms. The van der Waals surface area contributed by atoms with Crippen LogP contribution in [-0.4, -0.2) is 59.2 Å². The molecule has 1 aromatic carbocycles. The van der Waals surface area contributed by atoms with Crippen LogP contribution in [0.1, 0.15) is 17.8 Å². The second-order valence-electron chi connectivity index (χ2n) is 8.29. The van der Waals surface area contributed by atoms with Crippen LogP contribution in [-0.2, 0) is 22.6 Å². The van der Waals surface area contributed by atoms with Gasteiger partial charge in [0.2, 0.25) is 5.91 Å². The number of fused-ring (bicyclic) bond motifs is 1. The zero-order valence-electron chi connectivity index (χ0n) is 20.2. The molecule has 1 aliphatic rings. The Kier molecular flexibility index (Phi) is 7.95. The monoisotopic (exact) mass is 565 g/mol. The number of benzene rings is 1. The molecule has 4 heterocycles. The summed E-state index contributed by atoms with van der Waals surface area (Å²) in [7, 11) is 0. The number of halogens is 5. The van der Waals surface area contributed by atoms with Crippen LogP contribution in [0.5, 0.6) is 0 Å². The molecule has 4 aromatic rings. The van der Waals surface area contributed by atoms with E-state index >= 15 is 0 Å². The van der Waals surface area contributed by atoms with Crippen molar-refractivity contribution in [1.82, 2.24) is 29.5 Å². The number of carboxylic acids is 1. The van der Waals surface area contributed by atoms with Gasteiger partial charge in [0.15, 0.2) is 5.82 Å². The Morgan fingerprint density at radius 3 is 2.38 bits per heavy atom. The first-order valence-corrected chi connectivity index (χ1v) is 11.8. The molecule has 0 spiro atoms. The van der Waals surface area contributed by atoms with Gasteiger partial charge in [-0.15, -0.1) is 0 Å². The van der Waals surface area contributed by atoms with Gasteiger partial charge < -0.3 is 10.0 Å². The number of rotatable bonds is 4. The highest BCUT2D eigenvalue weighted by Crippen LogP contribution is 2.31. The van der Waals surface area contributed by atoms with Crippen LogP contribution in [0.25, 0.3) is 17.2 Å². The van der Waals surface area contributed by atoms with Gasteiger partial charge in [0.1, 0.15) is 18.1 Å². The molecule has 0 bridgehead atoms. The summed E-state index contributed by atoms with van der Waals surface area (Å²) in [6.45, 7) is 2.42. The minimum atomic E-state index is -5.08. The van der Waals surface area contributed by atoms with Gasteiger partial charge in [-0.25, -0.2) is 23.8 Å². The van der Waals surface area contributed by atoms with Gasteiger partial charge in [0.25, 0.3) is 0 Å². The number of anilines is 1. The normalized spacial score (nSPS) is 12.9. The molecule has 0 saturated carbocycles. The Morgan fingerprint density at radius 2 is 1.77 bits per heavy atom. The Hall–Kier alpha value is -4.33. The topological polar surface area (TPSA) is 119 Å². The summed E-state index contributed by atoms with van der Waals surface area (Å²) in [6, 6.07) is 7.85. The Balaban J connectivity index is 0.000000448. The molecular weight excluding hydrogens is 546 g/mol. The van der Waals surface area contributed by atoms with Gasteiger partial charge in [-0.3, -0.25) is 9.48 Å². The summed E-state index contributed by atoms with van der Waals surface area (Å²) in [5.74, 6) is -2.77. The van der Waals surface area contributed by atoms with Crippen molar-refractivity contribution in [3.8, 4) is 17.2 Å². The molecule has 1 N–H and O–H groups in total. The number of hydrogen-bond donors (Lipinski definition) is 1. The van der Waals surface area contributed by atoms with E-state index in [1.54, 1.807) is 51.1 Å². The van der Waals surface area contributed by atoms with Crippen molar-refractivity contribution in [3.63, 3.8) is 0 Å². The smallest absolute Gasteiger partial charge is 0.475 e. The van der Waals surface area contributed by atoms with Gasteiger partial charge in [0, 0.05) is 18.9 Å². The number of carbonyl (C=O) groups is 2. The van der Waals surface area contributed by atoms with Gasteiger partial charge in [0.05, 0.1) is 34.0 Å². The minimum absolute atomic E-state index is 0.0273. The SMILES string of the molecule is Cc1c(Cl)c(-c2ncccn2)nn1CC(=O)N1CCCc2c1cnn2-c1ccc(F)cc1.O=C(O)C(F)(F)F. The number of aliphatic carboxylic acids is 1. The highest BCUT2D eigenvalue weighted by Gasteiger charge is 2.38. The Morgan fingerprint density at radius 1 is 1.13 bits per heavy atom. The first kappa shape index (κ1) is 27.7. The van der Waals surface area contributed by atoms with Gasteiger partial charge >= 0.3 is 12.1 Å². The number of aromatic nitrogens is 6. The Bertz CT molecular complexity index is 1490. The molecule has 1 amide bonds. The molecule has 0 aliphatic carbocycles. The zero-order valence-corrected chi connectivity index (χ0v) is 21.0. The van der Waals surface area contributed by atoms with Gasteiger partial charge in [-0.2, -0.15) is 23.4 Å². The molecule has 0 unspecified atom stereocenters. The highest BCUT2D eigenvalue weighted by molar-refractivity contribution is 6.33. The van der Waals surface area contributed by atoms with E-state index in [1.165, 1.54) is 12.1 Å². The van der Waals surface area contributed by atoms with E-state index in [0.29, 0.717) is 28.8 Å². The van der Waals surface area contributed by atoms with Crippen LogP contribution in [0.15, 0.2) is 48.9 Å².